The molecule has 1 aliphatic rings. The number of fused-ring (bicyclic) bond motifs is 1. The first-order valence-electron chi connectivity index (χ1n) is 5.62. The first-order valence-corrected chi connectivity index (χ1v) is 5.62. The summed E-state index contributed by atoms with van der Waals surface area (Å²) in [5.41, 5.74) is 1.61. The smallest absolute Gasteiger partial charge is 0.251 e. The van der Waals surface area contributed by atoms with Crippen molar-refractivity contribution in [2.75, 3.05) is 25.5 Å². The van der Waals surface area contributed by atoms with Gasteiger partial charge in [0.15, 0.2) is 0 Å². The molecule has 0 aliphatic carbocycles. The van der Waals surface area contributed by atoms with E-state index in [1.54, 1.807) is 4.90 Å². The SMILES string of the molecule is CCN(C)C1(C)C(=O)N(C)c2ccccc21. The van der Waals surface area contributed by atoms with Crippen LogP contribution in [0.3, 0.4) is 0 Å². The van der Waals surface area contributed by atoms with Gasteiger partial charge in [-0.05, 0) is 26.6 Å². The molecule has 0 spiro atoms. The lowest BCUT2D eigenvalue weighted by atomic mass is 9.92. The van der Waals surface area contributed by atoms with Crippen LogP contribution < -0.4 is 4.90 Å². The fraction of sp³-hybridized carbons (Fsp3) is 0.462. The highest BCUT2D eigenvalue weighted by Crippen LogP contribution is 2.42. The Bertz CT molecular complexity index is 430. The Morgan fingerprint density at radius 1 is 1.38 bits per heavy atom. The number of para-hydroxylation sites is 1. The second-order valence-electron chi connectivity index (χ2n) is 4.47. The molecule has 0 N–H and O–H groups in total. The summed E-state index contributed by atoms with van der Waals surface area (Å²) in [6.07, 6.45) is 0. The third-order valence-corrected chi connectivity index (χ3v) is 3.75. The molecule has 0 fully saturated rings. The van der Waals surface area contributed by atoms with Gasteiger partial charge in [0.05, 0.1) is 0 Å². The van der Waals surface area contributed by atoms with Crippen LogP contribution in [-0.4, -0.2) is 31.4 Å². The first kappa shape index (κ1) is 11.1. The third kappa shape index (κ3) is 1.21. The van der Waals surface area contributed by atoms with E-state index in [0.717, 1.165) is 17.8 Å². The van der Waals surface area contributed by atoms with Crippen molar-refractivity contribution in [3.05, 3.63) is 29.8 Å². The number of anilines is 1. The lowest BCUT2D eigenvalue weighted by Gasteiger charge is -2.33. The van der Waals surface area contributed by atoms with E-state index in [4.69, 9.17) is 0 Å². The summed E-state index contributed by atoms with van der Waals surface area (Å²) in [5.74, 6) is 0.151. The van der Waals surface area contributed by atoms with Gasteiger partial charge < -0.3 is 4.90 Å². The van der Waals surface area contributed by atoms with Crippen molar-refractivity contribution < 1.29 is 4.79 Å². The molecule has 16 heavy (non-hydrogen) atoms. The lowest BCUT2D eigenvalue weighted by molar-refractivity contribution is -0.128. The number of likely N-dealkylation sites (N-methyl/N-ethyl adjacent to an activating group) is 2. The van der Waals surface area contributed by atoms with Gasteiger partial charge in [-0.1, -0.05) is 25.1 Å². The number of amides is 1. The summed E-state index contributed by atoms with van der Waals surface area (Å²) in [6.45, 7) is 4.92. The van der Waals surface area contributed by atoms with Crippen LogP contribution in [-0.2, 0) is 10.3 Å². The van der Waals surface area contributed by atoms with Crippen LogP contribution >= 0.6 is 0 Å². The molecule has 0 aromatic heterocycles. The zero-order chi connectivity index (χ0) is 11.9. The van der Waals surface area contributed by atoms with E-state index in [-0.39, 0.29) is 5.91 Å². The zero-order valence-electron chi connectivity index (χ0n) is 10.3. The van der Waals surface area contributed by atoms with Gasteiger partial charge in [0, 0.05) is 18.3 Å². The summed E-state index contributed by atoms with van der Waals surface area (Å²) in [5, 5.41) is 0. The van der Waals surface area contributed by atoms with Crippen molar-refractivity contribution in [2.45, 2.75) is 19.4 Å². The number of benzene rings is 1. The van der Waals surface area contributed by atoms with Crippen LogP contribution in [0.15, 0.2) is 24.3 Å². The van der Waals surface area contributed by atoms with Crippen molar-refractivity contribution in [3.63, 3.8) is 0 Å². The fourth-order valence-electron chi connectivity index (χ4n) is 2.41. The highest BCUT2D eigenvalue weighted by atomic mass is 16.2. The molecule has 3 heteroatoms. The number of rotatable bonds is 2. The molecular formula is C13H18N2O. The number of hydrogen-bond acceptors (Lipinski definition) is 2. The van der Waals surface area contributed by atoms with Crippen LogP contribution in [0.5, 0.6) is 0 Å². The summed E-state index contributed by atoms with van der Waals surface area (Å²) in [4.78, 5) is 16.2. The molecule has 1 aliphatic heterocycles. The van der Waals surface area contributed by atoms with E-state index < -0.39 is 5.54 Å². The minimum atomic E-state index is -0.514. The normalized spacial score (nSPS) is 24.1. The molecule has 3 nitrogen and oxygen atoms in total. The maximum atomic E-state index is 12.4. The van der Waals surface area contributed by atoms with Crippen molar-refractivity contribution in [1.29, 1.82) is 0 Å². The Labute approximate surface area is 96.7 Å². The van der Waals surface area contributed by atoms with Crippen LogP contribution in [0.4, 0.5) is 5.69 Å². The average Bonchev–Trinajstić information content (AvgIpc) is 2.52. The number of nitrogens with zero attached hydrogens (tertiary/aromatic N) is 2. The van der Waals surface area contributed by atoms with Crippen molar-refractivity contribution in [2.24, 2.45) is 0 Å². The minimum Gasteiger partial charge on any atom is -0.313 e. The first-order chi connectivity index (χ1) is 7.53. The van der Waals surface area contributed by atoms with Crippen LogP contribution in [0.1, 0.15) is 19.4 Å². The summed E-state index contributed by atoms with van der Waals surface area (Å²) >= 11 is 0. The summed E-state index contributed by atoms with van der Waals surface area (Å²) < 4.78 is 0. The second kappa shape index (κ2) is 3.59. The number of carbonyl (C=O) groups excluding carboxylic acids is 1. The zero-order valence-corrected chi connectivity index (χ0v) is 10.3. The van der Waals surface area contributed by atoms with Crippen molar-refractivity contribution in [3.8, 4) is 0 Å². The van der Waals surface area contributed by atoms with Crippen molar-refractivity contribution in [1.82, 2.24) is 4.90 Å². The molecule has 1 unspecified atom stereocenters. The monoisotopic (exact) mass is 218 g/mol. The lowest BCUT2D eigenvalue weighted by Crippen LogP contribution is -2.48. The largest absolute Gasteiger partial charge is 0.313 e. The Morgan fingerprint density at radius 3 is 2.62 bits per heavy atom. The Hall–Kier alpha value is -1.35. The molecule has 2 rings (SSSR count). The Balaban J connectivity index is 2.61. The standard InChI is InChI=1S/C13H18N2O/c1-5-14(3)13(2)10-8-6-7-9-11(10)15(4)12(13)16/h6-9H,5H2,1-4H3. The molecule has 1 heterocycles. The Morgan fingerprint density at radius 2 is 2.00 bits per heavy atom. The average molecular weight is 218 g/mol. The van der Waals surface area contributed by atoms with Crippen LogP contribution in [0.2, 0.25) is 0 Å². The predicted molar refractivity (Wildman–Crippen MR) is 65.5 cm³/mol. The van der Waals surface area contributed by atoms with Gasteiger partial charge in [0.25, 0.3) is 5.91 Å². The van der Waals surface area contributed by atoms with Crippen LogP contribution in [0, 0.1) is 0 Å². The highest BCUT2D eigenvalue weighted by Gasteiger charge is 2.48. The molecule has 1 aromatic carbocycles. The van der Waals surface area contributed by atoms with E-state index in [9.17, 15) is 4.79 Å². The molecule has 0 bridgehead atoms. The number of hydrogen-bond donors (Lipinski definition) is 0. The van der Waals surface area contributed by atoms with Gasteiger partial charge in [-0.15, -0.1) is 0 Å². The van der Waals surface area contributed by atoms with Gasteiger partial charge in [-0.3, -0.25) is 9.69 Å². The molecule has 1 aromatic rings. The maximum absolute atomic E-state index is 12.4. The minimum absolute atomic E-state index is 0.151. The topological polar surface area (TPSA) is 23.6 Å². The molecule has 0 radical (unpaired) electrons. The number of carbonyl (C=O) groups is 1. The van der Waals surface area contributed by atoms with E-state index in [0.29, 0.717) is 0 Å². The molecule has 1 atom stereocenters. The summed E-state index contributed by atoms with van der Waals surface area (Å²) in [7, 11) is 3.84. The van der Waals surface area contributed by atoms with E-state index in [1.165, 1.54) is 0 Å². The van der Waals surface area contributed by atoms with Crippen LogP contribution in [0.25, 0.3) is 0 Å². The Kier molecular flexibility index (Phi) is 2.50. The molecule has 0 saturated carbocycles. The molecular weight excluding hydrogens is 200 g/mol. The van der Waals surface area contributed by atoms with E-state index >= 15 is 0 Å². The van der Waals surface area contributed by atoms with E-state index in [1.807, 2.05) is 45.3 Å². The third-order valence-electron chi connectivity index (χ3n) is 3.75. The van der Waals surface area contributed by atoms with Gasteiger partial charge in [0.2, 0.25) is 0 Å². The predicted octanol–water partition coefficient (Wildman–Crippen LogP) is 1.83. The highest BCUT2D eigenvalue weighted by molar-refractivity contribution is 6.07. The summed E-state index contributed by atoms with van der Waals surface area (Å²) in [6, 6.07) is 8.01. The quantitative estimate of drug-likeness (QED) is 0.756. The van der Waals surface area contributed by atoms with Gasteiger partial charge in [-0.25, -0.2) is 0 Å². The van der Waals surface area contributed by atoms with Crippen molar-refractivity contribution >= 4 is 11.6 Å². The van der Waals surface area contributed by atoms with E-state index in [2.05, 4.69) is 11.8 Å². The van der Waals surface area contributed by atoms with Gasteiger partial charge >= 0.3 is 0 Å². The van der Waals surface area contributed by atoms with Gasteiger partial charge in [0.1, 0.15) is 5.54 Å². The van der Waals surface area contributed by atoms with Gasteiger partial charge in [-0.2, -0.15) is 0 Å². The second-order valence-corrected chi connectivity index (χ2v) is 4.47. The molecule has 0 saturated heterocycles. The molecule has 86 valence electrons. The maximum Gasteiger partial charge on any atom is 0.251 e. The fourth-order valence-corrected chi connectivity index (χ4v) is 2.41. The molecule has 1 amide bonds.